The molecule has 4 unspecified atom stereocenters. The van der Waals surface area contributed by atoms with Crippen molar-refractivity contribution in [2.24, 2.45) is 23.2 Å². The monoisotopic (exact) mass is 293 g/mol. The van der Waals surface area contributed by atoms with E-state index in [2.05, 4.69) is 6.58 Å². The lowest BCUT2D eigenvalue weighted by Crippen LogP contribution is -2.54. The second-order valence-electron chi connectivity index (χ2n) is 6.70. The number of fused-ring (bicyclic) bond motifs is 1. The molecule has 4 rings (SSSR count). The molecule has 0 aromatic rings. The Kier molecular flexibility index (Phi) is 3.68. The lowest BCUT2D eigenvalue weighted by Gasteiger charge is -2.52. The summed E-state index contributed by atoms with van der Waals surface area (Å²) in [4.78, 5) is 25.3. The number of amides is 1. The number of carbonyl (C=O) groups excluding carboxylic acids is 1. The molecule has 0 aromatic heterocycles. The largest absolute Gasteiger partial charge is 0.481 e. The van der Waals surface area contributed by atoms with Gasteiger partial charge in [0.05, 0.1) is 5.92 Å². The molecule has 1 heterocycles. The fraction of sp³-hybridized carbons (Fsp3) is 0.750. The fourth-order valence-electron chi connectivity index (χ4n) is 4.93. The summed E-state index contributed by atoms with van der Waals surface area (Å²) in [6.07, 6.45) is 6.31. The van der Waals surface area contributed by atoms with E-state index in [0.717, 1.165) is 32.1 Å². The zero-order valence-corrected chi connectivity index (χ0v) is 12.3. The molecule has 4 atom stereocenters. The molecule has 4 aliphatic rings. The number of rotatable bonds is 4. The Hall–Kier alpha value is -1.52. The van der Waals surface area contributed by atoms with Gasteiger partial charge in [0.2, 0.25) is 0 Å². The van der Waals surface area contributed by atoms with E-state index in [1.807, 2.05) is 0 Å². The molecule has 1 aliphatic heterocycles. The number of carbonyl (C=O) groups is 2. The normalized spacial score (nSPS) is 37.7. The van der Waals surface area contributed by atoms with E-state index in [-0.39, 0.29) is 24.0 Å². The van der Waals surface area contributed by atoms with Gasteiger partial charge in [0.1, 0.15) is 6.61 Å². The van der Waals surface area contributed by atoms with Crippen molar-refractivity contribution in [1.29, 1.82) is 0 Å². The molecule has 1 N–H and O–H groups in total. The molecule has 0 radical (unpaired) electrons. The molecular weight excluding hydrogens is 270 g/mol. The van der Waals surface area contributed by atoms with Crippen molar-refractivity contribution in [3.05, 3.63) is 12.7 Å². The van der Waals surface area contributed by atoms with Gasteiger partial charge in [0, 0.05) is 13.1 Å². The fourth-order valence-corrected chi connectivity index (χ4v) is 4.93. The minimum atomic E-state index is -0.643. The highest BCUT2D eigenvalue weighted by molar-refractivity contribution is 5.74. The van der Waals surface area contributed by atoms with Gasteiger partial charge in [-0.25, -0.2) is 4.79 Å². The van der Waals surface area contributed by atoms with Gasteiger partial charge >= 0.3 is 12.1 Å². The highest BCUT2D eigenvalue weighted by atomic mass is 16.6. The number of ether oxygens (including phenoxy) is 1. The van der Waals surface area contributed by atoms with Gasteiger partial charge in [-0.05, 0) is 49.4 Å². The standard InChI is InChI=1S/C16H23NO4/c1-2-8-21-15(20)17-7-3-4-12(10-17)16-6-5-11(9-16)13(16)14(18)19/h2,11-13H,1,3-10H2,(H,18,19). The Balaban J connectivity index is 1.67. The molecule has 116 valence electrons. The molecule has 5 nitrogen and oxygen atoms in total. The maximum Gasteiger partial charge on any atom is 0.410 e. The summed E-state index contributed by atoms with van der Waals surface area (Å²) in [5, 5.41) is 9.48. The highest BCUT2D eigenvalue weighted by Crippen LogP contribution is 2.67. The van der Waals surface area contributed by atoms with Gasteiger partial charge in [-0.1, -0.05) is 12.7 Å². The minimum absolute atomic E-state index is 0.0616. The molecule has 1 amide bonds. The van der Waals surface area contributed by atoms with Crippen LogP contribution in [0.1, 0.15) is 32.1 Å². The quantitative estimate of drug-likeness (QED) is 0.809. The third kappa shape index (κ3) is 2.23. The number of aliphatic carboxylic acids is 1. The number of nitrogens with zero attached hydrogens (tertiary/aromatic N) is 1. The molecule has 1 saturated heterocycles. The van der Waals surface area contributed by atoms with Crippen LogP contribution in [-0.4, -0.2) is 41.8 Å². The summed E-state index contributed by atoms with van der Waals surface area (Å²) in [6.45, 7) is 5.13. The maximum absolute atomic E-state index is 12.0. The van der Waals surface area contributed by atoms with Crippen molar-refractivity contribution < 1.29 is 19.4 Å². The van der Waals surface area contributed by atoms with Crippen molar-refractivity contribution in [2.45, 2.75) is 32.1 Å². The second kappa shape index (κ2) is 5.35. The first-order chi connectivity index (χ1) is 10.1. The van der Waals surface area contributed by atoms with Crippen molar-refractivity contribution in [2.75, 3.05) is 19.7 Å². The van der Waals surface area contributed by atoms with E-state index < -0.39 is 5.97 Å². The summed E-state index contributed by atoms with van der Waals surface area (Å²) in [5.74, 6) is -0.158. The van der Waals surface area contributed by atoms with E-state index in [4.69, 9.17) is 4.74 Å². The predicted octanol–water partition coefficient (Wildman–Crippen LogP) is 2.52. The Labute approximate surface area is 124 Å². The average Bonchev–Trinajstić information content (AvgIpc) is 3.04. The summed E-state index contributed by atoms with van der Waals surface area (Å²) >= 11 is 0. The first-order valence-electron chi connectivity index (χ1n) is 7.84. The van der Waals surface area contributed by atoms with E-state index in [0.29, 0.717) is 24.9 Å². The van der Waals surface area contributed by atoms with Crippen molar-refractivity contribution in [1.82, 2.24) is 4.90 Å². The first kappa shape index (κ1) is 14.4. The number of hydrogen-bond donors (Lipinski definition) is 1. The number of likely N-dealkylation sites (tertiary alicyclic amines) is 1. The Morgan fingerprint density at radius 3 is 2.90 bits per heavy atom. The van der Waals surface area contributed by atoms with Crippen LogP contribution in [0.3, 0.4) is 0 Å². The SMILES string of the molecule is C=CCOC(=O)N1CCCC(C23CCC(C2)C3C(=O)O)C1. The van der Waals surface area contributed by atoms with Crippen LogP contribution < -0.4 is 0 Å². The molecule has 0 aromatic carbocycles. The Morgan fingerprint density at radius 2 is 2.24 bits per heavy atom. The van der Waals surface area contributed by atoms with Crippen LogP contribution in [-0.2, 0) is 9.53 Å². The van der Waals surface area contributed by atoms with Crippen molar-refractivity contribution >= 4 is 12.1 Å². The van der Waals surface area contributed by atoms with E-state index in [9.17, 15) is 14.7 Å². The summed E-state index contributed by atoms with van der Waals surface area (Å²) in [6, 6.07) is 0. The van der Waals surface area contributed by atoms with E-state index in [1.165, 1.54) is 0 Å². The summed E-state index contributed by atoms with van der Waals surface area (Å²) in [7, 11) is 0. The molecule has 4 fully saturated rings. The third-order valence-electron chi connectivity index (χ3n) is 5.80. The van der Waals surface area contributed by atoms with Gasteiger partial charge in [-0.2, -0.15) is 0 Å². The zero-order valence-electron chi connectivity index (χ0n) is 12.3. The maximum atomic E-state index is 12.0. The molecule has 3 aliphatic carbocycles. The van der Waals surface area contributed by atoms with Crippen LogP contribution in [0.2, 0.25) is 0 Å². The van der Waals surface area contributed by atoms with Crippen molar-refractivity contribution in [3.63, 3.8) is 0 Å². The van der Waals surface area contributed by atoms with Gasteiger partial charge in [0.25, 0.3) is 0 Å². The summed E-state index contributed by atoms with van der Waals surface area (Å²) < 4.78 is 5.11. The zero-order chi connectivity index (χ0) is 15.0. The molecule has 21 heavy (non-hydrogen) atoms. The van der Waals surface area contributed by atoms with Crippen LogP contribution in [0.4, 0.5) is 4.79 Å². The van der Waals surface area contributed by atoms with Crippen LogP contribution in [0.25, 0.3) is 0 Å². The number of hydrogen-bond acceptors (Lipinski definition) is 3. The minimum Gasteiger partial charge on any atom is -0.481 e. The van der Waals surface area contributed by atoms with E-state index in [1.54, 1.807) is 11.0 Å². The van der Waals surface area contributed by atoms with Crippen molar-refractivity contribution in [3.8, 4) is 0 Å². The molecular formula is C16H23NO4. The van der Waals surface area contributed by atoms with Gasteiger partial charge in [0.15, 0.2) is 0 Å². The van der Waals surface area contributed by atoms with Crippen LogP contribution >= 0.6 is 0 Å². The van der Waals surface area contributed by atoms with Gasteiger partial charge in [-0.15, -0.1) is 0 Å². The molecule has 5 heteroatoms. The molecule has 2 bridgehead atoms. The lowest BCUT2D eigenvalue weighted by molar-refractivity contribution is -0.161. The third-order valence-corrected chi connectivity index (χ3v) is 5.80. The topological polar surface area (TPSA) is 66.8 Å². The van der Waals surface area contributed by atoms with E-state index >= 15 is 0 Å². The lowest BCUT2D eigenvalue weighted by atomic mass is 9.53. The number of piperidine rings is 1. The number of carboxylic acids is 1. The highest BCUT2D eigenvalue weighted by Gasteiger charge is 2.65. The van der Waals surface area contributed by atoms with Gasteiger partial charge < -0.3 is 14.7 Å². The second-order valence-corrected chi connectivity index (χ2v) is 6.70. The first-order valence-corrected chi connectivity index (χ1v) is 7.84. The average molecular weight is 293 g/mol. The smallest absolute Gasteiger partial charge is 0.410 e. The van der Waals surface area contributed by atoms with Gasteiger partial charge in [-0.3, -0.25) is 4.79 Å². The Morgan fingerprint density at radius 1 is 1.43 bits per heavy atom. The van der Waals surface area contributed by atoms with Crippen LogP contribution in [0, 0.1) is 23.2 Å². The van der Waals surface area contributed by atoms with Crippen LogP contribution in [0.15, 0.2) is 12.7 Å². The molecule has 0 spiro atoms. The summed E-state index contributed by atoms with van der Waals surface area (Å²) in [5.41, 5.74) is -0.0616. The Bertz CT molecular complexity index is 459. The predicted molar refractivity (Wildman–Crippen MR) is 76.7 cm³/mol. The van der Waals surface area contributed by atoms with Crippen LogP contribution in [0.5, 0.6) is 0 Å². The number of carboxylic acid groups (broad SMARTS) is 1. The molecule has 3 saturated carbocycles.